The molecule has 0 aliphatic heterocycles. The van der Waals surface area contributed by atoms with Crippen LogP contribution in [0.4, 0.5) is 0 Å². The Hall–Kier alpha value is -1.96. The van der Waals surface area contributed by atoms with Crippen molar-refractivity contribution in [1.29, 1.82) is 0 Å². The minimum atomic E-state index is 0.819. The van der Waals surface area contributed by atoms with Gasteiger partial charge >= 0.3 is 0 Å². The van der Waals surface area contributed by atoms with Crippen LogP contribution >= 0.6 is 0 Å². The fraction of sp³-hybridized carbons (Fsp3) is 0.294. The van der Waals surface area contributed by atoms with Crippen molar-refractivity contribution in [2.45, 2.75) is 20.3 Å². The maximum atomic E-state index is 5.47. The molecule has 0 heterocycles. The summed E-state index contributed by atoms with van der Waals surface area (Å²) in [5, 5.41) is 0. The smallest absolute Gasteiger partial charge is 0.122 e. The molecule has 2 heteroatoms. The van der Waals surface area contributed by atoms with E-state index < -0.39 is 0 Å². The molecule has 0 aliphatic carbocycles. The Morgan fingerprint density at radius 1 is 0.895 bits per heavy atom. The quantitative estimate of drug-likeness (QED) is 0.825. The van der Waals surface area contributed by atoms with Gasteiger partial charge in [0.05, 0.1) is 14.2 Å². The second-order valence-electron chi connectivity index (χ2n) is 4.75. The van der Waals surface area contributed by atoms with Crippen LogP contribution in [0, 0.1) is 13.8 Å². The topological polar surface area (TPSA) is 18.5 Å². The van der Waals surface area contributed by atoms with Gasteiger partial charge in [0.15, 0.2) is 0 Å². The number of rotatable bonds is 4. The standard InChI is InChI=1S/C17H20O2/c1-12-8-9-14(17(10-12)19-4)11-15-13(2)6-5-7-16(15)18-3/h5-10H,11H2,1-4H3. The van der Waals surface area contributed by atoms with E-state index in [1.165, 1.54) is 22.3 Å². The maximum absolute atomic E-state index is 5.47. The third-order valence-corrected chi connectivity index (χ3v) is 3.40. The number of aryl methyl sites for hydroxylation is 2. The van der Waals surface area contributed by atoms with Gasteiger partial charge in [-0.2, -0.15) is 0 Å². The molecule has 2 nitrogen and oxygen atoms in total. The van der Waals surface area contributed by atoms with Crippen LogP contribution in [0.3, 0.4) is 0 Å². The normalized spacial score (nSPS) is 10.3. The van der Waals surface area contributed by atoms with Gasteiger partial charge in [-0.05, 0) is 42.7 Å². The molecule has 0 bridgehead atoms. The summed E-state index contributed by atoms with van der Waals surface area (Å²) in [6.07, 6.45) is 0.819. The minimum Gasteiger partial charge on any atom is -0.496 e. The summed E-state index contributed by atoms with van der Waals surface area (Å²) in [7, 11) is 3.43. The van der Waals surface area contributed by atoms with Crippen LogP contribution in [0.25, 0.3) is 0 Å². The molecule has 0 aliphatic rings. The highest BCUT2D eigenvalue weighted by molar-refractivity contribution is 5.46. The SMILES string of the molecule is COc1cc(C)ccc1Cc1c(C)cccc1OC. The van der Waals surface area contributed by atoms with Gasteiger partial charge in [0.25, 0.3) is 0 Å². The van der Waals surface area contributed by atoms with E-state index in [0.29, 0.717) is 0 Å². The lowest BCUT2D eigenvalue weighted by molar-refractivity contribution is 0.405. The van der Waals surface area contributed by atoms with Crippen LogP contribution in [0.5, 0.6) is 11.5 Å². The van der Waals surface area contributed by atoms with Crippen LogP contribution in [-0.2, 0) is 6.42 Å². The average molecular weight is 256 g/mol. The van der Waals surface area contributed by atoms with E-state index in [1.807, 2.05) is 12.1 Å². The third kappa shape index (κ3) is 2.90. The zero-order valence-corrected chi connectivity index (χ0v) is 12.0. The molecule has 0 amide bonds. The van der Waals surface area contributed by atoms with Crippen molar-refractivity contribution in [2.24, 2.45) is 0 Å². The largest absolute Gasteiger partial charge is 0.496 e. The first-order valence-electron chi connectivity index (χ1n) is 6.41. The van der Waals surface area contributed by atoms with Gasteiger partial charge in [0, 0.05) is 12.0 Å². The van der Waals surface area contributed by atoms with E-state index >= 15 is 0 Å². The zero-order chi connectivity index (χ0) is 13.8. The summed E-state index contributed by atoms with van der Waals surface area (Å²) >= 11 is 0. The molecule has 0 fully saturated rings. The van der Waals surface area contributed by atoms with Crippen molar-refractivity contribution in [3.8, 4) is 11.5 Å². The van der Waals surface area contributed by atoms with E-state index in [4.69, 9.17) is 9.47 Å². The number of methoxy groups -OCH3 is 2. The molecule has 0 N–H and O–H groups in total. The number of ether oxygens (including phenoxy) is 2. The summed E-state index contributed by atoms with van der Waals surface area (Å²) in [5.74, 6) is 1.87. The lowest BCUT2D eigenvalue weighted by atomic mass is 9.98. The third-order valence-electron chi connectivity index (χ3n) is 3.40. The molecule has 0 aromatic heterocycles. The molecule has 0 unspecified atom stereocenters. The highest BCUT2D eigenvalue weighted by Crippen LogP contribution is 2.29. The first kappa shape index (κ1) is 13.5. The van der Waals surface area contributed by atoms with E-state index in [2.05, 4.69) is 38.1 Å². The Morgan fingerprint density at radius 3 is 2.32 bits per heavy atom. The molecule has 0 spiro atoms. The lowest BCUT2D eigenvalue weighted by Crippen LogP contribution is -1.99. The molecule has 2 rings (SSSR count). The molecule has 19 heavy (non-hydrogen) atoms. The number of hydrogen-bond donors (Lipinski definition) is 0. The number of hydrogen-bond acceptors (Lipinski definition) is 2. The van der Waals surface area contributed by atoms with Gasteiger partial charge in [-0.25, -0.2) is 0 Å². The van der Waals surface area contributed by atoms with Crippen molar-refractivity contribution in [3.63, 3.8) is 0 Å². The molecular formula is C17H20O2. The first-order valence-corrected chi connectivity index (χ1v) is 6.41. The first-order chi connectivity index (χ1) is 9.15. The van der Waals surface area contributed by atoms with Crippen LogP contribution < -0.4 is 9.47 Å². The van der Waals surface area contributed by atoms with Gasteiger partial charge in [0.1, 0.15) is 11.5 Å². The predicted octanol–water partition coefficient (Wildman–Crippen LogP) is 3.91. The van der Waals surface area contributed by atoms with Gasteiger partial charge < -0.3 is 9.47 Å². The zero-order valence-electron chi connectivity index (χ0n) is 12.0. The van der Waals surface area contributed by atoms with Crippen molar-refractivity contribution in [2.75, 3.05) is 14.2 Å². The summed E-state index contributed by atoms with van der Waals surface area (Å²) in [4.78, 5) is 0. The monoisotopic (exact) mass is 256 g/mol. The van der Waals surface area contributed by atoms with Crippen molar-refractivity contribution >= 4 is 0 Å². The van der Waals surface area contributed by atoms with Gasteiger partial charge in [0.2, 0.25) is 0 Å². The average Bonchev–Trinajstić information content (AvgIpc) is 2.42. The van der Waals surface area contributed by atoms with E-state index in [-0.39, 0.29) is 0 Å². The van der Waals surface area contributed by atoms with Gasteiger partial charge in [-0.3, -0.25) is 0 Å². The van der Waals surface area contributed by atoms with E-state index in [0.717, 1.165) is 17.9 Å². The van der Waals surface area contributed by atoms with Crippen molar-refractivity contribution < 1.29 is 9.47 Å². The summed E-state index contributed by atoms with van der Waals surface area (Å²) in [6.45, 7) is 4.18. The summed E-state index contributed by atoms with van der Waals surface area (Å²) < 4.78 is 10.9. The molecule has 0 saturated carbocycles. The highest BCUT2D eigenvalue weighted by Gasteiger charge is 2.10. The van der Waals surface area contributed by atoms with Crippen molar-refractivity contribution in [3.05, 3.63) is 58.7 Å². The minimum absolute atomic E-state index is 0.819. The van der Waals surface area contributed by atoms with Gasteiger partial charge in [-0.1, -0.05) is 24.3 Å². The second kappa shape index (κ2) is 5.79. The Kier molecular flexibility index (Phi) is 4.10. The second-order valence-corrected chi connectivity index (χ2v) is 4.75. The van der Waals surface area contributed by atoms with Crippen LogP contribution in [0.2, 0.25) is 0 Å². The van der Waals surface area contributed by atoms with Crippen LogP contribution in [-0.4, -0.2) is 14.2 Å². The summed E-state index contributed by atoms with van der Waals surface area (Å²) in [6, 6.07) is 12.4. The lowest BCUT2D eigenvalue weighted by Gasteiger charge is -2.14. The molecule has 100 valence electrons. The fourth-order valence-corrected chi connectivity index (χ4v) is 2.28. The predicted molar refractivity (Wildman–Crippen MR) is 78.3 cm³/mol. The Balaban J connectivity index is 2.41. The Morgan fingerprint density at radius 2 is 1.63 bits per heavy atom. The highest BCUT2D eigenvalue weighted by atomic mass is 16.5. The fourth-order valence-electron chi connectivity index (χ4n) is 2.28. The number of benzene rings is 2. The summed E-state index contributed by atoms with van der Waals surface area (Å²) in [5.41, 5.74) is 4.84. The molecular weight excluding hydrogens is 236 g/mol. The maximum Gasteiger partial charge on any atom is 0.122 e. The molecule has 2 aromatic rings. The van der Waals surface area contributed by atoms with E-state index in [9.17, 15) is 0 Å². The van der Waals surface area contributed by atoms with Crippen molar-refractivity contribution in [1.82, 2.24) is 0 Å². The van der Waals surface area contributed by atoms with E-state index in [1.54, 1.807) is 14.2 Å². The molecule has 2 aromatic carbocycles. The Bertz CT molecular complexity index is 573. The Labute approximate surface area is 115 Å². The van der Waals surface area contributed by atoms with Gasteiger partial charge in [-0.15, -0.1) is 0 Å². The van der Waals surface area contributed by atoms with Crippen LogP contribution in [0.1, 0.15) is 22.3 Å². The molecule has 0 atom stereocenters. The van der Waals surface area contributed by atoms with Crippen LogP contribution in [0.15, 0.2) is 36.4 Å². The molecule has 0 radical (unpaired) electrons. The molecule has 0 saturated heterocycles.